The van der Waals surface area contributed by atoms with Crippen LogP contribution in [0.1, 0.15) is 42.1 Å². The van der Waals surface area contributed by atoms with Crippen molar-refractivity contribution in [2.45, 2.75) is 38.8 Å². The van der Waals surface area contributed by atoms with E-state index in [1.165, 1.54) is 4.90 Å². The molecule has 0 bridgehead atoms. The standard InChI is InChI=1S/C14H17NO3/c1-2-3-8-12(14(17)18)15-9-10-6-4-5-7-11(10)13(15)16/h4-7,12H,2-3,8-9H2,1H3,(H,17,18). The normalized spacial score (nSPS) is 15.6. The van der Waals surface area contributed by atoms with Crippen molar-refractivity contribution in [2.24, 2.45) is 0 Å². The molecular formula is C14H17NO3. The highest BCUT2D eigenvalue weighted by Crippen LogP contribution is 2.26. The molecule has 1 aromatic carbocycles. The van der Waals surface area contributed by atoms with Gasteiger partial charge in [0.15, 0.2) is 0 Å². The molecule has 0 radical (unpaired) electrons. The van der Waals surface area contributed by atoms with E-state index in [2.05, 4.69) is 0 Å². The second-order valence-corrected chi connectivity index (χ2v) is 4.59. The van der Waals surface area contributed by atoms with Crippen LogP contribution >= 0.6 is 0 Å². The van der Waals surface area contributed by atoms with Crippen molar-refractivity contribution in [3.63, 3.8) is 0 Å². The van der Waals surface area contributed by atoms with E-state index in [1.807, 2.05) is 25.1 Å². The number of amides is 1. The lowest BCUT2D eigenvalue weighted by atomic mass is 10.1. The van der Waals surface area contributed by atoms with Crippen LogP contribution in [0, 0.1) is 0 Å². The van der Waals surface area contributed by atoms with Crippen molar-refractivity contribution >= 4 is 11.9 Å². The summed E-state index contributed by atoms with van der Waals surface area (Å²) in [7, 11) is 0. The molecule has 4 heteroatoms. The van der Waals surface area contributed by atoms with Crippen molar-refractivity contribution in [2.75, 3.05) is 0 Å². The number of nitrogens with zero attached hydrogens (tertiary/aromatic N) is 1. The highest BCUT2D eigenvalue weighted by molar-refractivity contribution is 6.00. The fraction of sp³-hybridized carbons (Fsp3) is 0.429. The van der Waals surface area contributed by atoms with Gasteiger partial charge in [-0.25, -0.2) is 4.79 Å². The van der Waals surface area contributed by atoms with Crippen molar-refractivity contribution in [1.29, 1.82) is 0 Å². The molecule has 18 heavy (non-hydrogen) atoms. The van der Waals surface area contributed by atoms with Gasteiger partial charge in [0.2, 0.25) is 0 Å². The van der Waals surface area contributed by atoms with Crippen LogP contribution in [0.2, 0.25) is 0 Å². The second kappa shape index (κ2) is 5.21. The SMILES string of the molecule is CCCCC(C(=O)O)N1Cc2ccccc2C1=O. The van der Waals surface area contributed by atoms with E-state index in [-0.39, 0.29) is 5.91 Å². The third-order valence-corrected chi connectivity index (χ3v) is 3.34. The van der Waals surface area contributed by atoms with E-state index in [0.29, 0.717) is 18.5 Å². The van der Waals surface area contributed by atoms with Gasteiger partial charge in [-0.1, -0.05) is 38.0 Å². The molecule has 2 rings (SSSR count). The largest absolute Gasteiger partial charge is 0.480 e. The molecule has 1 aromatic rings. The van der Waals surface area contributed by atoms with Gasteiger partial charge in [0.05, 0.1) is 0 Å². The number of carboxylic acid groups (broad SMARTS) is 1. The van der Waals surface area contributed by atoms with Gasteiger partial charge in [-0.05, 0) is 18.1 Å². The Morgan fingerprint density at radius 1 is 1.44 bits per heavy atom. The quantitative estimate of drug-likeness (QED) is 0.868. The first-order valence-corrected chi connectivity index (χ1v) is 6.26. The molecular weight excluding hydrogens is 230 g/mol. The van der Waals surface area contributed by atoms with Gasteiger partial charge in [0.25, 0.3) is 5.91 Å². The van der Waals surface area contributed by atoms with Crippen molar-refractivity contribution in [3.05, 3.63) is 35.4 Å². The van der Waals surface area contributed by atoms with Crippen LogP contribution < -0.4 is 0 Å². The van der Waals surface area contributed by atoms with E-state index < -0.39 is 12.0 Å². The predicted molar refractivity (Wildman–Crippen MR) is 67.3 cm³/mol. The first kappa shape index (κ1) is 12.6. The Bertz CT molecular complexity index is 470. The molecule has 0 aromatic heterocycles. The number of unbranched alkanes of at least 4 members (excludes halogenated alkanes) is 1. The Morgan fingerprint density at radius 2 is 2.17 bits per heavy atom. The maximum atomic E-state index is 12.2. The molecule has 1 aliphatic rings. The lowest BCUT2D eigenvalue weighted by Gasteiger charge is -2.24. The summed E-state index contributed by atoms with van der Waals surface area (Å²) in [6.45, 7) is 2.43. The number of hydrogen-bond acceptors (Lipinski definition) is 2. The monoisotopic (exact) mass is 247 g/mol. The Labute approximate surface area is 106 Å². The molecule has 0 fully saturated rings. The molecule has 1 aliphatic heterocycles. The topological polar surface area (TPSA) is 57.6 Å². The highest BCUT2D eigenvalue weighted by atomic mass is 16.4. The van der Waals surface area contributed by atoms with Gasteiger partial charge in [-0.2, -0.15) is 0 Å². The number of fused-ring (bicyclic) bond motifs is 1. The molecule has 0 spiro atoms. The smallest absolute Gasteiger partial charge is 0.326 e. The van der Waals surface area contributed by atoms with Gasteiger partial charge in [-0.3, -0.25) is 4.79 Å². The minimum absolute atomic E-state index is 0.158. The third-order valence-electron chi connectivity index (χ3n) is 3.34. The molecule has 1 heterocycles. The summed E-state index contributed by atoms with van der Waals surface area (Å²) in [5, 5.41) is 9.26. The first-order chi connectivity index (χ1) is 8.65. The average molecular weight is 247 g/mol. The van der Waals surface area contributed by atoms with Crippen LogP contribution in [0.5, 0.6) is 0 Å². The molecule has 0 aliphatic carbocycles. The molecule has 96 valence electrons. The summed E-state index contributed by atoms with van der Waals surface area (Å²) in [4.78, 5) is 24.9. The molecule has 1 N–H and O–H groups in total. The Hall–Kier alpha value is -1.84. The molecule has 4 nitrogen and oxygen atoms in total. The van der Waals surface area contributed by atoms with Crippen LogP contribution in [0.3, 0.4) is 0 Å². The number of carboxylic acids is 1. The molecule has 0 saturated carbocycles. The minimum atomic E-state index is -0.912. The van der Waals surface area contributed by atoms with E-state index in [1.54, 1.807) is 6.07 Å². The number of aliphatic carboxylic acids is 1. The summed E-state index contributed by atoms with van der Waals surface area (Å²) >= 11 is 0. The van der Waals surface area contributed by atoms with Crippen molar-refractivity contribution in [1.82, 2.24) is 4.90 Å². The molecule has 1 amide bonds. The maximum absolute atomic E-state index is 12.2. The molecule has 0 saturated heterocycles. The number of benzene rings is 1. The van der Waals surface area contributed by atoms with Crippen LogP contribution in [-0.4, -0.2) is 27.9 Å². The lowest BCUT2D eigenvalue weighted by Crippen LogP contribution is -2.41. The van der Waals surface area contributed by atoms with E-state index >= 15 is 0 Å². The zero-order valence-electron chi connectivity index (χ0n) is 10.4. The summed E-state index contributed by atoms with van der Waals surface area (Å²) in [5.41, 5.74) is 1.56. The van der Waals surface area contributed by atoms with Crippen LogP contribution in [-0.2, 0) is 11.3 Å². The van der Waals surface area contributed by atoms with Gasteiger partial charge in [0.1, 0.15) is 6.04 Å². The Balaban J connectivity index is 2.20. The summed E-state index contributed by atoms with van der Waals surface area (Å²) in [6.07, 6.45) is 2.27. The van der Waals surface area contributed by atoms with Gasteiger partial charge >= 0.3 is 5.97 Å². The molecule has 1 unspecified atom stereocenters. The highest BCUT2D eigenvalue weighted by Gasteiger charge is 2.35. The number of hydrogen-bond donors (Lipinski definition) is 1. The van der Waals surface area contributed by atoms with Gasteiger partial charge in [-0.15, -0.1) is 0 Å². The van der Waals surface area contributed by atoms with Gasteiger partial charge < -0.3 is 10.0 Å². The summed E-state index contributed by atoms with van der Waals surface area (Å²) in [5.74, 6) is -1.07. The van der Waals surface area contributed by atoms with Crippen LogP contribution in [0.4, 0.5) is 0 Å². The lowest BCUT2D eigenvalue weighted by molar-refractivity contribution is -0.142. The zero-order valence-corrected chi connectivity index (χ0v) is 10.4. The maximum Gasteiger partial charge on any atom is 0.326 e. The Morgan fingerprint density at radius 3 is 2.78 bits per heavy atom. The predicted octanol–water partition coefficient (Wildman–Crippen LogP) is 2.29. The van der Waals surface area contributed by atoms with Crippen LogP contribution in [0.25, 0.3) is 0 Å². The summed E-state index contributed by atoms with van der Waals surface area (Å²) < 4.78 is 0. The van der Waals surface area contributed by atoms with Gasteiger partial charge in [0, 0.05) is 12.1 Å². The minimum Gasteiger partial charge on any atom is -0.480 e. The van der Waals surface area contributed by atoms with Crippen molar-refractivity contribution in [3.8, 4) is 0 Å². The fourth-order valence-electron chi connectivity index (χ4n) is 2.34. The van der Waals surface area contributed by atoms with E-state index in [4.69, 9.17) is 0 Å². The van der Waals surface area contributed by atoms with Crippen molar-refractivity contribution < 1.29 is 14.7 Å². The number of carbonyl (C=O) groups excluding carboxylic acids is 1. The van der Waals surface area contributed by atoms with Crippen LogP contribution in [0.15, 0.2) is 24.3 Å². The second-order valence-electron chi connectivity index (χ2n) is 4.59. The fourth-order valence-corrected chi connectivity index (χ4v) is 2.34. The zero-order chi connectivity index (χ0) is 13.1. The molecule has 1 atom stereocenters. The number of carbonyl (C=O) groups is 2. The first-order valence-electron chi connectivity index (χ1n) is 6.26. The Kier molecular flexibility index (Phi) is 3.65. The third kappa shape index (κ3) is 2.23. The van der Waals surface area contributed by atoms with E-state index in [0.717, 1.165) is 18.4 Å². The summed E-state index contributed by atoms with van der Waals surface area (Å²) in [6, 6.07) is 6.62. The van der Waals surface area contributed by atoms with E-state index in [9.17, 15) is 14.7 Å². The number of rotatable bonds is 5. The average Bonchev–Trinajstić information content (AvgIpc) is 2.68.